The average Bonchev–Trinajstić information content (AvgIpc) is 2.69. The molecule has 118 valence electrons. The third-order valence-corrected chi connectivity index (χ3v) is 2.93. The molecular weight excluding hydrogens is 272 g/mol. The summed E-state index contributed by atoms with van der Waals surface area (Å²) in [5.41, 5.74) is 6.39. The second-order valence-electron chi connectivity index (χ2n) is 6.52. The van der Waals surface area contributed by atoms with Gasteiger partial charge >= 0.3 is 5.97 Å². The fourth-order valence-corrected chi connectivity index (χ4v) is 2.19. The minimum absolute atomic E-state index is 0.0231. The number of carboxylic acid groups (broad SMARTS) is 1. The molecule has 0 saturated carbocycles. The zero-order chi connectivity index (χ0) is 16.2. The van der Waals surface area contributed by atoms with E-state index < -0.39 is 12.0 Å². The number of nitrogens with one attached hydrogen (secondary N) is 1. The van der Waals surface area contributed by atoms with Crippen LogP contribution < -0.4 is 11.1 Å². The largest absolute Gasteiger partial charge is 0.479 e. The Balaban J connectivity index is 2.64. The zero-order valence-electron chi connectivity index (χ0n) is 13.0. The molecule has 1 rings (SSSR count). The number of nitrogens with zero attached hydrogens (tertiary/aromatic N) is 2. The summed E-state index contributed by atoms with van der Waals surface area (Å²) >= 11 is 0. The number of aryl methyl sites for hydroxylation is 1. The van der Waals surface area contributed by atoms with Crippen LogP contribution in [0, 0.1) is 5.41 Å². The minimum Gasteiger partial charge on any atom is -0.479 e. The molecule has 21 heavy (non-hydrogen) atoms. The lowest BCUT2D eigenvalue weighted by molar-refractivity contribution is -0.142. The Morgan fingerprint density at radius 3 is 2.52 bits per heavy atom. The number of nitrogens with two attached hydrogens (primary N) is 1. The number of rotatable bonds is 6. The summed E-state index contributed by atoms with van der Waals surface area (Å²) in [5.74, 6) is -1.50. The van der Waals surface area contributed by atoms with Crippen LogP contribution in [-0.2, 0) is 16.6 Å². The summed E-state index contributed by atoms with van der Waals surface area (Å²) < 4.78 is 1.49. The van der Waals surface area contributed by atoms with Crippen LogP contribution in [0.15, 0.2) is 12.4 Å². The van der Waals surface area contributed by atoms with E-state index >= 15 is 0 Å². The molecule has 2 unspecified atom stereocenters. The van der Waals surface area contributed by atoms with Crippen molar-refractivity contribution in [3.05, 3.63) is 18.0 Å². The van der Waals surface area contributed by atoms with Crippen molar-refractivity contribution in [2.24, 2.45) is 18.2 Å². The molecule has 4 N–H and O–H groups in total. The number of hydrogen-bond acceptors (Lipinski definition) is 4. The van der Waals surface area contributed by atoms with Gasteiger partial charge in [0.2, 0.25) is 5.91 Å². The number of carbonyl (C=O) groups is 2. The van der Waals surface area contributed by atoms with Gasteiger partial charge in [0.05, 0.1) is 6.20 Å². The first kappa shape index (κ1) is 17.2. The zero-order valence-corrected chi connectivity index (χ0v) is 13.0. The van der Waals surface area contributed by atoms with Crippen LogP contribution in [0.3, 0.4) is 0 Å². The lowest BCUT2D eigenvalue weighted by Crippen LogP contribution is -2.38. The number of aromatic nitrogens is 2. The topological polar surface area (TPSA) is 110 Å². The molecule has 0 aliphatic rings. The van der Waals surface area contributed by atoms with Crippen LogP contribution in [0.5, 0.6) is 0 Å². The van der Waals surface area contributed by atoms with Gasteiger partial charge in [0.1, 0.15) is 0 Å². The summed E-state index contributed by atoms with van der Waals surface area (Å²) in [6.07, 6.45) is 3.77. The molecule has 2 atom stereocenters. The highest BCUT2D eigenvalue weighted by Gasteiger charge is 2.25. The van der Waals surface area contributed by atoms with Crippen molar-refractivity contribution in [3.63, 3.8) is 0 Å². The summed E-state index contributed by atoms with van der Waals surface area (Å²) in [4.78, 5) is 23.2. The van der Waals surface area contributed by atoms with Crippen LogP contribution in [0.1, 0.15) is 45.2 Å². The Kier molecular flexibility index (Phi) is 5.48. The molecule has 0 aliphatic carbocycles. The molecular formula is C14H24N4O3. The molecule has 0 bridgehead atoms. The summed E-state index contributed by atoms with van der Waals surface area (Å²) in [6, 6.07) is -1.40. The lowest BCUT2D eigenvalue weighted by atomic mass is 9.87. The number of carboxylic acids is 1. The molecule has 1 heterocycles. The van der Waals surface area contributed by atoms with Crippen molar-refractivity contribution in [1.82, 2.24) is 15.1 Å². The monoisotopic (exact) mass is 296 g/mol. The van der Waals surface area contributed by atoms with E-state index in [0.717, 1.165) is 0 Å². The van der Waals surface area contributed by atoms with Gasteiger partial charge in [0, 0.05) is 31.3 Å². The van der Waals surface area contributed by atoms with Gasteiger partial charge in [0.15, 0.2) is 6.04 Å². The lowest BCUT2D eigenvalue weighted by Gasteiger charge is -2.23. The van der Waals surface area contributed by atoms with Crippen LogP contribution in [-0.4, -0.2) is 32.8 Å². The normalized spacial score (nSPS) is 14.5. The SMILES string of the molecule is Cn1cc(C(NC(=O)CC(N)CC(C)(C)C)C(=O)O)cn1. The van der Waals surface area contributed by atoms with Gasteiger partial charge < -0.3 is 16.2 Å². The standard InChI is InChI=1S/C14H24N4O3/c1-14(2,3)6-10(15)5-11(19)17-12(13(20)21)9-7-16-18(4)8-9/h7-8,10,12H,5-6,15H2,1-4H3,(H,17,19)(H,20,21). The van der Waals surface area contributed by atoms with Crippen molar-refractivity contribution >= 4 is 11.9 Å². The van der Waals surface area contributed by atoms with Gasteiger partial charge in [-0.25, -0.2) is 4.79 Å². The predicted octanol–water partition coefficient (Wildman–Crippen LogP) is 0.816. The third-order valence-electron chi connectivity index (χ3n) is 2.93. The molecule has 7 heteroatoms. The van der Waals surface area contributed by atoms with Gasteiger partial charge in [-0.3, -0.25) is 9.48 Å². The van der Waals surface area contributed by atoms with E-state index in [1.807, 2.05) is 20.8 Å². The third kappa shape index (κ3) is 5.95. The molecule has 1 aromatic rings. The maximum atomic E-state index is 12.0. The first-order valence-electron chi connectivity index (χ1n) is 6.85. The molecule has 1 amide bonds. The predicted molar refractivity (Wildman–Crippen MR) is 78.4 cm³/mol. The highest BCUT2D eigenvalue weighted by Crippen LogP contribution is 2.21. The van der Waals surface area contributed by atoms with E-state index in [0.29, 0.717) is 12.0 Å². The van der Waals surface area contributed by atoms with E-state index in [9.17, 15) is 14.7 Å². The number of aliphatic carboxylic acids is 1. The van der Waals surface area contributed by atoms with Crippen LogP contribution >= 0.6 is 0 Å². The number of carbonyl (C=O) groups excluding carboxylic acids is 1. The van der Waals surface area contributed by atoms with Gasteiger partial charge in [-0.1, -0.05) is 20.8 Å². The summed E-state index contributed by atoms with van der Waals surface area (Å²) in [6.45, 7) is 6.13. The Morgan fingerprint density at radius 1 is 1.48 bits per heavy atom. The highest BCUT2D eigenvalue weighted by atomic mass is 16.4. The van der Waals surface area contributed by atoms with E-state index in [2.05, 4.69) is 10.4 Å². The van der Waals surface area contributed by atoms with Gasteiger partial charge in [-0.15, -0.1) is 0 Å². The van der Waals surface area contributed by atoms with E-state index in [1.165, 1.54) is 10.9 Å². The quantitative estimate of drug-likeness (QED) is 0.719. The molecule has 1 aromatic heterocycles. The van der Waals surface area contributed by atoms with Crippen molar-refractivity contribution in [1.29, 1.82) is 0 Å². The van der Waals surface area contributed by atoms with Crippen molar-refractivity contribution in [2.75, 3.05) is 0 Å². The Hall–Kier alpha value is -1.89. The van der Waals surface area contributed by atoms with Gasteiger partial charge in [-0.2, -0.15) is 5.10 Å². The second-order valence-corrected chi connectivity index (χ2v) is 6.52. The number of amides is 1. The highest BCUT2D eigenvalue weighted by molar-refractivity contribution is 5.84. The molecule has 0 fully saturated rings. The minimum atomic E-state index is -1.12. The average molecular weight is 296 g/mol. The first-order chi connectivity index (χ1) is 9.58. The molecule has 0 spiro atoms. The Bertz CT molecular complexity index is 505. The molecule has 0 aliphatic heterocycles. The number of hydrogen-bond donors (Lipinski definition) is 3. The van der Waals surface area contributed by atoms with Gasteiger partial charge in [-0.05, 0) is 11.8 Å². The van der Waals surface area contributed by atoms with E-state index in [1.54, 1.807) is 13.2 Å². The Morgan fingerprint density at radius 2 is 2.10 bits per heavy atom. The van der Waals surface area contributed by atoms with Crippen molar-refractivity contribution in [2.45, 2.75) is 45.7 Å². The van der Waals surface area contributed by atoms with E-state index in [-0.39, 0.29) is 23.8 Å². The van der Waals surface area contributed by atoms with Crippen LogP contribution in [0.25, 0.3) is 0 Å². The van der Waals surface area contributed by atoms with Crippen molar-refractivity contribution in [3.8, 4) is 0 Å². The fraction of sp³-hybridized carbons (Fsp3) is 0.643. The van der Waals surface area contributed by atoms with Crippen LogP contribution in [0.4, 0.5) is 0 Å². The smallest absolute Gasteiger partial charge is 0.331 e. The first-order valence-corrected chi connectivity index (χ1v) is 6.85. The van der Waals surface area contributed by atoms with E-state index in [4.69, 9.17) is 5.73 Å². The van der Waals surface area contributed by atoms with Crippen LogP contribution in [0.2, 0.25) is 0 Å². The Labute approximate surface area is 124 Å². The second kappa shape index (κ2) is 6.71. The molecule has 0 saturated heterocycles. The maximum Gasteiger partial charge on any atom is 0.331 e. The van der Waals surface area contributed by atoms with Gasteiger partial charge in [0.25, 0.3) is 0 Å². The fourth-order valence-electron chi connectivity index (χ4n) is 2.19. The van der Waals surface area contributed by atoms with Crippen molar-refractivity contribution < 1.29 is 14.7 Å². The summed E-state index contributed by atoms with van der Waals surface area (Å²) in [5, 5.41) is 15.6. The maximum absolute atomic E-state index is 12.0. The molecule has 0 radical (unpaired) electrons. The molecule has 7 nitrogen and oxygen atoms in total. The summed E-state index contributed by atoms with van der Waals surface area (Å²) in [7, 11) is 1.68. The molecule has 0 aromatic carbocycles.